The van der Waals surface area contributed by atoms with Gasteiger partial charge in [0.1, 0.15) is 29.0 Å². The van der Waals surface area contributed by atoms with Crippen molar-refractivity contribution in [1.82, 2.24) is 89.4 Å². The van der Waals surface area contributed by atoms with Crippen molar-refractivity contribution in [2.45, 2.75) is 118 Å². The lowest BCUT2D eigenvalue weighted by Crippen LogP contribution is -2.33. The van der Waals surface area contributed by atoms with Crippen LogP contribution in [0.4, 0.5) is 23.0 Å². The Morgan fingerprint density at radius 2 is 1.02 bits per heavy atom. The van der Waals surface area contributed by atoms with Crippen LogP contribution < -0.4 is 57.9 Å². The lowest BCUT2D eigenvalue weighted by Gasteiger charge is -2.17. The molecule has 0 saturated carbocycles. The van der Waals surface area contributed by atoms with Crippen molar-refractivity contribution in [3.8, 4) is 11.4 Å². The molecule has 10 amide bonds. The van der Waals surface area contributed by atoms with Crippen LogP contribution in [-0.4, -0.2) is 268 Å². The van der Waals surface area contributed by atoms with Gasteiger partial charge in [0.2, 0.25) is 41.2 Å². The second-order valence-corrected chi connectivity index (χ2v) is 30.5. The van der Waals surface area contributed by atoms with Crippen LogP contribution >= 0.6 is 11.6 Å². The number of imidazole rings is 3. The second-order valence-electron chi connectivity index (χ2n) is 30.1. The molecule has 2 aromatic carbocycles. The number of aliphatic imine (C=N–C) groups is 1. The summed E-state index contributed by atoms with van der Waals surface area (Å²) in [5.41, 5.74) is 3.99. The fourth-order valence-electron chi connectivity index (χ4n) is 13.1. The van der Waals surface area contributed by atoms with Gasteiger partial charge in [0, 0.05) is 151 Å². The molecule has 8 aromatic rings. The van der Waals surface area contributed by atoms with Gasteiger partial charge in [-0.15, -0.1) is 10.2 Å². The number of aromatic nitrogens is 11. The highest BCUT2D eigenvalue weighted by Crippen LogP contribution is 2.35. The number of halogens is 1. The molecule has 1 aliphatic heterocycles. The van der Waals surface area contributed by atoms with Gasteiger partial charge >= 0.3 is 0 Å². The molecule has 10 N–H and O–H groups in total. The molecular weight excluding hydrogens is 1640 g/mol. The third-order valence-corrected chi connectivity index (χ3v) is 19.8. The molecule has 9 rings (SSSR count). The topological polar surface area (TPSA) is 465 Å². The number of anilines is 4. The van der Waals surface area contributed by atoms with Crippen molar-refractivity contribution in [3.63, 3.8) is 0 Å². The van der Waals surface area contributed by atoms with Gasteiger partial charge in [0.15, 0.2) is 23.3 Å². The zero-order valence-electron chi connectivity index (χ0n) is 72.7. The zero-order valence-corrected chi connectivity index (χ0v) is 73.4. The Balaban J connectivity index is 0.537. The summed E-state index contributed by atoms with van der Waals surface area (Å²) in [6.07, 6.45) is 10.8. The Labute approximate surface area is 730 Å². The molecular formula is C84H116ClN23O17. The van der Waals surface area contributed by atoms with E-state index in [1.54, 1.807) is 70.2 Å². The summed E-state index contributed by atoms with van der Waals surface area (Å²) in [4.78, 5) is 152. The van der Waals surface area contributed by atoms with Gasteiger partial charge < -0.3 is 114 Å². The van der Waals surface area contributed by atoms with Crippen molar-refractivity contribution < 1.29 is 81.1 Å². The molecule has 40 nitrogen and oxygen atoms in total. The van der Waals surface area contributed by atoms with Crippen molar-refractivity contribution in [3.05, 3.63) is 148 Å². The normalized spacial score (nSPS) is 12.4. The van der Waals surface area contributed by atoms with Crippen molar-refractivity contribution in [2.75, 3.05) is 167 Å². The summed E-state index contributed by atoms with van der Waals surface area (Å²) in [5, 5.41) is 37.1. The van der Waals surface area contributed by atoms with E-state index >= 15 is 0 Å². The van der Waals surface area contributed by atoms with E-state index in [2.05, 4.69) is 83.2 Å². The minimum atomic E-state index is -0.680. The number of nitrogens with zero attached hydrogens (tertiary/aromatic N) is 13. The SMILES string of the molecule is COc1ccc2c(c1)C(c1ccc(Cl)cc1)=N[C@@H](CC(=O)NCCOCCOCCOCCOCCOCCOCCC(=O)NCCCN(C)CCCNC(=O)CCNC(=O)c1nc(NC(=O)CCNC(=O)c3c(NC(=O)c4nc(NC(=O)CCNC(=O)c5cc(NC(=O)c6nccn6C(C)C)cn5C)cn4C(C)C)ccn3C)cn1C(C)C)c1nnc(C)n1-2. The first-order valence-electron chi connectivity index (χ1n) is 41.6. The summed E-state index contributed by atoms with van der Waals surface area (Å²) >= 11 is 6.23. The molecule has 6 aromatic heterocycles. The molecule has 125 heavy (non-hydrogen) atoms. The molecule has 7 heterocycles. The Hall–Kier alpha value is -12.1. The monoisotopic (exact) mass is 1750 g/mol. The highest BCUT2D eigenvalue weighted by molar-refractivity contribution is 6.30. The Kier molecular flexibility index (Phi) is 38.3. The predicted octanol–water partition coefficient (Wildman–Crippen LogP) is 5.92. The van der Waals surface area contributed by atoms with Crippen LogP contribution in [0.2, 0.25) is 5.02 Å². The minimum Gasteiger partial charge on any atom is -0.497 e. The van der Waals surface area contributed by atoms with Gasteiger partial charge in [-0.3, -0.25) is 57.5 Å². The first kappa shape index (κ1) is 96.8. The summed E-state index contributed by atoms with van der Waals surface area (Å²) in [6, 6.07) is 15.0. The molecule has 1 atom stereocenters. The Morgan fingerprint density at radius 3 is 1.59 bits per heavy atom. The average molecular weight is 1760 g/mol. The first-order chi connectivity index (χ1) is 60.2. The van der Waals surface area contributed by atoms with E-state index in [0.717, 1.165) is 29.8 Å². The van der Waals surface area contributed by atoms with E-state index in [9.17, 15) is 47.9 Å². The number of amides is 10. The van der Waals surface area contributed by atoms with Crippen LogP contribution in [0.15, 0.2) is 96.8 Å². The van der Waals surface area contributed by atoms with Gasteiger partial charge in [0.05, 0.1) is 116 Å². The highest BCUT2D eigenvalue weighted by Gasteiger charge is 2.32. The van der Waals surface area contributed by atoms with E-state index in [4.69, 9.17) is 49.8 Å². The maximum atomic E-state index is 13.8. The molecule has 1 aliphatic rings. The third-order valence-electron chi connectivity index (χ3n) is 19.5. The quantitative estimate of drug-likeness (QED) is 0.0198. The fraction of sp³-hybridized carbons (Fsp3) is 0.500. The number of carbonyl (C=O) groups excluding carboxylic acids is 10. The number of nitrogens with one attached hydrogen (secondary N) is 10. The fourth-order valence-corrected chi connectivity index (χ4v) is 13.2. The van der Waals surface area contributed by atoms with Crippen molar-refractivity contribution in [2.24, 2.45) is 19.1 Å². The highest BCUT2D eigenvalue weighted by atomic mass is 35.5. The van der Waals surface area contributed by atoms with Crippen LogP contribution in [-0.2, 0) is 66.5 Å². The van der Waals surface area contributed by atoms with Gasteiger partial charge in [0.25, 0.3) is 29.5 Å². The molecule has 0 unspecified atom stereocenters. The number of methoxy groups -OCH3 is 1. The van der Waals surface area contributed by atoms with E-state index in [-0.39, 0.29) is 140 Å². The molecule has 0 spiro atoms. The number of benzene rings is 2. The van der Waals surface area contributed by atoms with E-state index in [0.29, 0.717) is 139 Å². The molecule has 41 heteroatoms. The number of aryl methyl sites for hydroxylation is 3. The van der Waals surface area contributed by atoms with Gasteiger partial charge in [-0.25, -0.2) is 15.0 Å². The smallest absolute Gasteiger partial charge is 0.291 e. The summed E-state index contributed by atoms with van der Waals surface area (Å²) in [7, 11) is 6.83. The molecule has 0 bridgehead atoms. The van der Waals surface area contributed by atoms with E-state index < -0.39 is 47.4 Å². The lowest BCUT2D eigenvalue weighted by atomic mass is 10.00. The largest absolute Gasteiger partial charge is 0.497 e. The summed E-state index contributed by atoms with van der Waals surface area (Å²) in [6.45, 7) is 19.9. The third kappa shape index (κ3) is 29.8. The first-order valence-corrected chi connectivity index (χ1v) is 42.0. The van der Waals surface area contributed by atoms with Crippen molar-refractivity contribution in [1.29, 1.82) is 0 Å². The van der Waals surface area contributed by atoms with Crippen LogP contribution in [0.5, 0.6) is 5.75 Å². The number of fused-ring (bicyclic) bond motifs is 3. The summed E-state index contributed by atoms with van der Waals surface area (Å²) < 4.78 is 49.0. The maximum absolute atomic E-state index is 13.8. The lowest BCUT2D eigenvalue weighted by molar-refractivity contribution is -0.123. The predicted molar refractivity (Wildman–Crippen MR) is 465 cm³/mol. The van der Waals surface area contributed by atoms with Gasteiger partial charge in [-0.1, -0.05) is 23.7 Å². The second kappa shape index (κ2) is 49.4. The summed E-state index contributed by atoms with van der Waals surface area (Å²) in [5.74, 6) is -2.08. The number of rotatable bonds is 54. The minimum absolute atomic E-state index is 0.00753. The van der Waals surface area contributed by atoms with Crippen LogP contribution in [0.3, 0.4) is 0 Å². The van der Waals surface area contributed by atoms with Crippen LogP contribution in [0, 0.1) is 6.92 Å². The van der Waals surface area contributed by atoms with Crippen molar-refractivity contribution >= 4 is 99.4 Å². The Morgan fingerprint density at radius 1 is 0.496 bits per heavy atom. The number of hydrogen-bond acceptors (Lipinski definition) is 24. The molecule has 0 aliphatic carbocycles. The average Bonchev–Trinajstić information content (AvgIpc) is 1.61. The number of ether oxygens (including phenoxy) is 7. The van der Waals surface area contributed by atoms with Crippen LogP contribution in [0.1, 0.15) is 186 Å². The molecule has 676 valence electrons. The Bertz CT molecular complexity index is 4960. The molecule has 0 radical (unpaired) electrons. The standard InChI is InChI=1S/C84H116ClN23O17/c1-54(2)105-35-30-89-77(105)83(117)93-60-48-66(104(10)51-60)80(114)90-28-21-71(111)97-68-53-107(56(5)6)79(99-68)84(118)95-63-23-34-103(9)75(63)81(115)91-29-22-72(112)96-67-52-106(55(3)4)78(98-67)82(116)92-27-20-69(109)86-25-12-32-102(8)33-13-26-87-70(110)24-36-120-38-40-122-42-44-124-46-47-125-45-43-123-41-39-121-37-31-88-73(113)50-64-76-101-100-57(7)108(76)65-19-18-61(119-11)49-62(65)74(94-64)58-14-16-59(85)17-15-58/h14-19,23,30,34-35,48-49,51-56,64H,12-13,20-22,24-29,31-33,36-47,50H2,1-11H3,(H,86,109)(H,87,110)(H,88,113)(H,90,114)(H,91,115)(H,92,116)(H,93,117)(H,95,118)(H,96,112)(H,97,111)/t64-/m0/s1. The van der Waals surface area contributed by atoms with Gasteiger partial charge in [-0.2, -0.15) is 0 Å². The zero-order chi connectivity index (χ0) is 89.9. The van der Waals surface area contributed by atoms with E-state index in [1.807, 2.05) is 90.4 Å². The van der Waals surface area contributed by atoms with Gasteiger partial charge in [-0.05, 0) is 124 Å². The number of hydrogen-bond donors (Lipinski definition) is 10. The van der Waals surface area contributed by atoms with E-state index in [1.165, 1.54) is 35.3 Å². The molecule has 0 saturated heterocycles. The molecule has 0 fully saturated rings. The number of carbonyl (C=O) groups is 10. The van der Waals surface area contributed by atoms with Crippen LogP contribution in [0.25, 0.3) is 5.69 Å². The maximum Gasteiger partial charge on any atom is 0.291 e.